The fourth-order valence-corrected chi connectivity index (χ4v) is 3.92. The Bertz CT molecular complexity index is 796. The molecule has 1 heterocycles. The SMILES string of the molecule is Cc1noc(C)c1S(=O)(=O)N(C)CCNC(=O)CCc1ccccc1. The summed E-state index contributed by atoms with van der Waals surface area (Å²) in [7, 11) is -2.21. The first-order valence-corrected chi connectivity index (χ1v) is 9.46. The average Bonchev–Trinajstić information content (AvgIpc) is 2.93. The highest BCUT2D eigenvalue weighted by Gasteiger charge is 2.28. The molecule has 0 fully saturated rings. The van der Waals surface area contributed by atoms with Crippen molar-refractivity contribution < 1.29 is 17.7 Å². The third-order valence-corrected chi connectivity index (χ3v) is 5.97. The Morgan fingerprint density at radius 2 is 1.92 bits per heavy atom. The fourth-order valence-electron chi connectivity index (χ4n) is 2.46. The number of carbonyl (C=O) groups is 1. The molecule has 1 N–H and O–H groups in total. The third kappa shape index (κ3) is 4.90. The summed E-state index contributed by atoms with van der Waals surface area (Å²) in [4.78, 5) is 12.0. The minimum Gasteiger partial charge on any atom is -0.360 e. The highest BCUT2D eigenvalue weighted by molar-refractivity contribution is 7.89. The molecule has 0 saturated heterocycles. The molecule has 2 rings (SSSR count). The van der Waals surface area contributed by atoms with Crippen LogP contribution in [0.25, 0.3) is 0 Å². The average molecular weight is 365 g/mol. The Morgan fingerprint density at radius 1 is 1.24 bits per heavy atom. The van der Waals surface area contributed by atoms with E-state index in [1.54, 1.807) is 13.8 Å². The second kappa shape index (κ2) is 8.26. The smallest absolute Gasteiger partial charge is 0.248 e. The van der Waals surface area contributed by atoms with Gasteiger partial charge in [-0.15, -0.1) is 0 Å². The molecule has 0 unspecified atom stereocenters. The van der Waals surface area contributed by atoms with Crippen molar-refractivity contribution in [1.82, 2.24) is 14.8 Å². The van der Waals surface area contributed by atoms with Crippen LogP contribution in [0.15, 0.2) is 39.8 Å². The molecule has 0 radical (unpaired) electrons. The summed E-state index contributed by atoms with van der Waals surface area (Å²) in [5, 5.41) is 6.42. The van der Waals surface area contributed by atoms with E-state index < -0.39 is 10.0 Å². The van der Waals surface area contributed by atoms with E-state index in [2.05, 4.69) is 10.5 Å². The van der Waals surface area contributed by atoms with Gasteiger partial charge in [0.1, 0.15) is 10.6 Å². The van der Waals surface area contributed by atoms with Crippen LogP contribution in [-0.2, 0) is 21.2 Å². The number of aryl methyl sites for hydroxylation is 3. The van der Waals surface area contributed by atoms with E-state index in [1.165, 1.54) is 11.4 Å². The molecule has 2 aromatic rings. The molecule has 8 heteroatoms. The van der Waals surface area contributed by atoms with Gasteiger partial charge < -0.3 is 9.84 Å². The standard InChI is InChI=1S/C17H23N3O4S/c1-13-17(14(2)24-19-13)25(22,23)20(3)12-11-18-16(21)10-9-15-7-5-4-6-8-15/h4-8H,9-12H2,1-3H3,(H,18,21). The number of aromatic nitrogens is 1. The van der Waals surface area contributed by atoms with Gasteiger partial charge in [-0.25, -0.2) is 8.42 Å². The minimum absolute atomic E-state index is 0.0883. The summed E-state index contributed by atoms with van der Waals surface area (Å²) in [6, 6.07) is 9.73. The van der Waals surface area contributed by atoms with E-state index in [-0.39, 0.29) is 29.7 Å². The van der Waals surface area contributed by atoms with E-state index in [0.717, 1.165) is 5.56 Å². The fraction of sp³-hybridized carbons (Fsp3) is 0.412. The van der Waals surface area contributed by atoms with E-state index in [0.29, 0.717) is 18.5 Å². The van der Waals surface area contributed by atoms with Gasteiger partial charge in [-0.1, -0.05) is 35.5 Å². The Morgan fingerprint density at radius 3 is 2.52 bits per heavy atom. The summed E-state index contributed by atoms with van der Waals surface area (Å²) in [5.74, 6) is 0.156. The Balaban J connectivity index is 1.82. The number of benzene rings is 1. The van der Waals surface area contributed by atoms with Gasteiger partial charge >= 0.3 is 0 Å². The van der Waals surface area contributed by atoms with Crippen LogP contribution in [0.4, 0.5) is 0 Å². The number of amides is 1. The minimum atomic E-state index is -3.68. The Labute approximate surface area is 148 Å². The predicted molar refractivity (Wildman–Crippen MR) is 93.6 cm³/mol. The molecule has 1 aromatic carbocycles. The molecule has 0 aliphatic rings. The number of nitrogens with zero attached hydrogens (tertiary/aromatic N) is 2. The third-order valence-electron chi connectivity index (χ3n) is 3.87. The normalized spacial score (nSPS) is 11.7. The molecule has 0 spiro atoms. The molecule has 0 bridgehead atoms. The summed E-state index contributed by atoms with van der Waals surface area (Å²) in [6.45, 7) is 3.56. The first-order valence-electron chi connectivity index (χ1n) is 8.02. The van der Waals surface area contributed by atoms with Crippen molar-refractivity contribution in [2.75, 3.05) is 20.1 Å². The number of hydrogen-bond donors (Lipinski definition) is 1. The topological polar surface area (TPSA) is 92.5 Å². The van der Waals surface area contributed by atoms with E-state index in [4.69, 9.17) is 4.52 Å². The van der Waals surface area contributed by atoms with Crippen LogP contribution in [0.5, 0.6) is 0 Å². The quantitative estimate of drug-likeness (QED) is 0.768. The molecule has 0 aliphatic heterocycles. The van der Waals surface area contributed by atoms with E-state index in [1.807, 2.05) is 30.3 Å². The van der Waals surface area contributed by atoms with Gasteiger partial charge in [-0.2, -0.15) is 4.31 Å². The second-order valence-corrected chi connectivity index (χ2v) is 7.80. The van der Waals surface area contributed by atoms with Gasteiger partial charge in [0.05, 0.1) is 0 Å². The zero-order chi connectivity index (χ0) is 18.4. The first-order chi connectivity index (χ1) is 11.8. The van der Waals surface area contributed by atoms with Crippen molar-refractivity contribution in [2.45, 2.75) is 31.6 Å². The number of likely N-dealkylation sites (N-methyl/N-ethyl adjacent to an activating group) is 1. The van der Waals surface area contributed by atoms with E-state index >= 15 is 0 Å². The predicted octanol–water partition coefficient (Wildman–Crippen LogP) is 1.66. The van der Waals surface area contributed by atoms with Crippen LogP contribution in [-0.4, -0.2) is 43.9 Å². The number of sulfonamides is 1. The molecule has 0 saturated carbocycles. The van der Waals surface area contributed by atoms with Crippen molar-refractivity contribution in [3.05, 3.63) is 47.3 Å². The monoisotopic (exact) mass is 365 g/mol. The molecule has 1 aromatic heterocycles. The van der Waals surface area contributed by atoms with Gasteiger partial charge in [0.15, 0.2) is 5.76 Å². The van der Waals surface area contributed by atoms with Crippen LogP contribution < -0.4 is 5.32 Å². The van der Waals surface area contributed by atoms with E-state index in [9.17, 15) is 13.2 Å². The molecule has 0 aliphatic carbocycles. The molecular formula is C17H23N3O4S. The molecular weight excluding hydrogens is 342 g/mol. The largest absolute Gasteiger partial charge is 0.360 e. The molecule has 136 valence electrons. The van der Waals surface area contributed by atoms with Crippen molar-refractivity contribution >= 4 is 15.9 Å². The van der Waals surface area contributed by atoms with Gasteiger partial charge in [0, 0.05) is 26.6 Å². The maximum atomic E-state index is 12.5. The molecule has 0 atom stereocenters. The Hall–Kier alpha value is -2.19. The summed E-state index contributed by atoms with van der Waals surface area (Å²) in [5.41, 5.74) is 1.42. The lowest BCUT2D eigenvalue weighted by Gasteiger charge is -2.17. The van der Waals surface area contributed by atoms with Gasteiger partial charge in [-0.3, -0.25) is 4.79 Å². The molecule has 25 heavy (non-hydrogen) atoms. The van der Waals surface area contributed by atoms with Gasteiger partial charge in [0.2, 0.25) is 15.9 Å². The number of hydrogen-bond acceptors (Lipinski definition) is 5. The van der Waals surface area contributed by atoms with Crippen molar-refractivity contribution in [2.24, 2.45) is 0 Å². The summed E-state index contributed by atoms with van der Waals surface area (Å²) < 4.78 is 31.2. The van der Waals surface area contributed by atoms with Crippen LogP contribution in [0, 0.1) is 13.8 Å². The van der Waals surface area contributed by atoms with Crippen molar-refractivity contribution in [3.63, 3.8) is 0 Å². The molecule has 7 nitrogen and oxygen atoms in total. The lowest BCUT2D eigenvalue weighted by molar-refractivity contribution is -0.121. The number of rotatable bonds is 8. The highest BCUT2D eigenvalue weighted by atomic mass is 32.2. The second-order valence-electron chi connectivity index (χ2n) is 5.82. The van der Waals surface area contributed by atoms with Crippen LogP contribution in [0.2, 0.25) is 0 Å². The van der Waals surface area contributed by atoms with Crippen LogP contribution in [0.1, 0.15) is 23.4 Å². The maximum absolute atomic E-state index is 12.5. The van der Waals surface area contributed by atoms with Crippen molar-refractivity contribution in [1.29, 1.82) is 0 Å². The molecule has 1 amide bonds. The highest BCUT2D eigenvalue weighted by Crippen LogP contribution is 2.21. The number of carbonyl (C=O) groups excluding carboxylic acids is 1. The first kappa shape index (κ1) is 19.1. The summed E-state index contributed by atoms with van der Waals surface area (Å²) >= 11 is 0. The van der Waals surface area contributed by atoms with Crippen molar-refractivity contribution in [3.8, 4) is 0 Å². The van der Waals surface area contributed by atoms with Crippen LogP contribution in [0.3, 0.4) is 0 Å². The number of nitrogens with one attached hydrogen (secondary N) is 1. The van der Waals surface area contributed by atoms with Gasteiger partial charge in [0.25, 0.3) is 0 Å². The lowest BCUT2D eigenvalue weighted by atomic mass is 10.1. The zero-order valence-corrected chi connectivity index (χ0v) is 15.5. The van der Waals surface area contributed by atoms with Gasteiger partial charge in [-0.05, 0) is 25.8 Å². The summed E-state index contributed by atoms with van der Waals surface area (Å²) in [6.07, 6.45) is 1.02. The maximum Gasteiger partial charge on any atom is 0.248 e. The zero-order valence-electron chi connectivity index (χ0n) is 14.7. The lowest BCUT2D eigenvalue weighted by Crippen LogP contribution is -2.36. The van der Waals surface area contributed by atoms with Crippen LogP contribution >= 0.6 is 0 Å². The Kier molecular flexibility index (Phi) is 6.33.